The summed E-state index contributed by atoms with van der Waals surface area (Å²) < 4.78 is 0.760. The van der Waals surface area contributed by atoms with Crippen molar-refractivity contribution < 1.29 is 0 Å². The van der Waals surface area contributed by atoms with Crippen molar-refractivity contribution >= 4 is 56.0 Å². The van der Waals surface area contributed by atoms with Gasteiger partial charge < -0.3 is 4.90 Å². The summed E-state index contributed by atoms with van der Waals surface area (Å²) in [7, 11) is 0. The van der Waals surface area contributed by atoms with Gasteiger partial charge in [-0.25, -0.2) is 9.97 Å². The average Bonchev–Trinajstić information content (AvgIpc) is 3.00. The number of anilines is 1. The second kappa shape index (κ2) is 7.09. The topological polar surface area (TPSA) is 57.7 Å². The summed E-state index contributed by atoms with van der Waals surface area (Å²) in [5.41, 5.74) is 2.00. The third-order valence-corrected chi connectivity index (χ3v) is 6.03. The Morgan fingerprint density at radius 1 is 1.16 bits per heavy atom. The number of nitrogens with one attached hydrogen (secondary N) is 1. The highest BCUT2D eigenvalue weighted by atomic mass is 79.9. The van der Waals surface area contributed by atoms with Gasteiger partial charge in [-0.2, -0.15) is 5.10 Å². The third kappa shape index (κ3) is 3.48. The van der Waals surface area contributed by atoms with Crippen LogP contribution in [-0.4, -0.2) is 33.3 Å². The lowest BCUT2D eigenvalue weighted by Gasteiger charge is -2.33. The van der Waals surface area contributed by atoms with Gasteiger partial charge in [-0.1, -0.05) is 29.3 Å². The van der Waals surface area contributed by atoms with Crippen LogP contribution in [0.4, 0.5) is 5.82 Å². The lowest BCUT2D eigenvalue weighted by Crippen LogP contribution is -2.35. The molecule has 25 heavy (non-hydrogen) atoms. The van der Waals surface area contributed by atoms with Crippen molar-refractivity contribution in [3.8, 4) is 0 Å². The molecule has 2 aromatic heterocycles. The zero-order valence-electron chi connectivity index (χ0n) is 13.3. The predicted molar refractivity (Wildman–Crippen MR) is 104 cm³/mol. The summed E-state index contributed by atoms with van der Waals surface area (Å²) in [6.07, 6.45) is 4.84. The summed E-state index contributed by atoms with van der Waals surface area (Å²) in [4.78, 5) is 11.0. The van der Waals surface area contributed by atoms with Crippen LogP contribution in [0.2, 0.25) is 10.0 Å². The van der Waals surface area contributed by atoms with E-state index in [4.69, 9.17) is 23.2 Å². The van der Waals surface area contributed by atoms with E-state index >= 15 is 0 Å². The molecule has 0 radical (unpaired) electrons. The molecule has 3 heterocycles. The fourth-order valence-electron chi connectivity index (χ4n) is 3.40. The summed E-state index contributed by atoms with van der Waals surface area (Å²) in [6.45, 7) is 1.94. The molecule has 3 aromatic rings. The monoisotopic (exact) mass is 439 g/mol. The minimum absolute atomic E-state index is 0.610. The molecule has 0 bridgehead atoms. The Morgan fingerprint density at radius 3 is 2.72 bits per heavy atom. The van der Waals surface area contributed by atoms with Crippen LogP contribution in [0.15, 0.2) is 29.1 Å². The Hall–Kier alpha value is -1.37. The van der Waals surface area contributed by atoms with Gasteiger partial charge in [0.25, 0.3) is 0 Å². The highest BCUT2D eigenvalue weighted by Gasteiger charge is 2.23. The molecule has 8 heteroatoms. The third-order valence-electron chi connectivity index (χ3n) is 4.72. The smallest absolute Gasteiger partial charge is 0.161 e. The van der Waals surface area contributed by atoms with E-state index in [1.165, 1.54) is 5.56 Å². The molecule has 1 aliphatic rings. The van der Waals surface area contributed by atoms with Gasteiger partial charge in [-0.15, -0.1) is 0 Å². The SMILES string of the molecule is Clc1ccc(CC2CCN(c3ncnc4[nH]nc(Br)c34)CC2)cc1Cl. The average molecular weight is 441 g/mol. The minimum Gasteiger partial charge on any atom is -0.356 e. The fraction of sp³-hybridized carbons (Fsp3) is 0.353. The van der Waals surface area contributed by atoms with E-state index in [2.05, 4.69) is 47.1 Å². The van der Waals surface area contributed by atoms with Crippen molar-refractivity contribution in [2.24, 2.45) is 5.92 Å². The van der Waals surface area contributed by atoms with Gasteiger partial charge in [0.1, 0.15) is 16.7 Å². The normalized spacial score (nSPS) is 15.9. The number of halogens is 3. The van der Waals surface area contributed by atoms with E-state index in [1.807, 2.05) is 12.1 Å². The maximum atomic E-state index is 6.13. The lowest BCUT2D eigenvalue weighted by molar-refractivity contribution is 0.402. The second-order valence-corrected chi connectivity index (χ2v) is 7.88. The number of benzene rings is 1. The maximum Gasteiger partial charge on any atom is 0.161 e. The first-order valence-corrected chi connectivity index (χ1v) is 9.70. The number of aromatic nitrogens is 4. The molecule has 0 aliphatic carbocycles. The van der Waals surface area contributed by atoms with Crippen LogP contribution in [-0.2, 0) is 6.42 Å². The van der Waals surface area contributed by atoms with Gasteiger partial charge in [-0.05, 0) is 58.8 Å². The molecule has 1 fully saturated rings. The molecular formula is C17H16BrCl2N5. The van der Waals surface area contributed by atoms with Crippen LogP contribution in [0.25, 0.3) is 11.0 Å². The largest absolute Gasteiger partial charge is 0.356 e. The van der Waals surface area contributed by atoms with Crippen molar-refractivity contribution in [1.29, 1.82) is 0 Å². The molecule has 1 aromatic carbocycles. The zero-order chi connectivity index (χ0) is 17.4. The molecule has 5 nitrogen and oxygen atoms in total. The minimum atomic E-state index is 0.610. The predicted octanol–water partition coefficient (Wildman–Crippen LogP) is 4.88. The summed E-state index contributed by atoms with van der Waals surface area (Å²) in [5.74, 6) is 1.58. The molecule has 130 valence electrons. The van der Waals surface area contributed by atoms with E-state index in [1.54, 1.807) is 6.33 Å². The van der Waals surface area contributed by atoms with Crippen LogP contribution in [0, 0.1) is 5.92 Å². The molecule has 0 amide bonds. The molecular weight excluding hydrogens is 425 g/mol. The van der Waals surface area contributed by atoms with Crippen LogP contribution in [0.5, 0.6) is 0 Å². The number of piperidine rings is 1. The first-order chi connectivity index (χ1) is 12.1. The first kappa shape index (κ1) is 17.1. The highest BCUT2D eigenvalue weighted by molar-refractivity contribution is 9.10. The maximum absolute atomic E-state index is 6.13. The van der Waals surface area contributed by atoms with Crippen molar-refractivity contribution in [3.63, 3.8) is 0 Å². The van der Waals surface area contributed by atoms with Gasteiger partial charge in [0.15, 0.2) is 5.65 Å². The quantitative estimate of drug-likeness (QED) is 0.630. The van der Waals surface area contributed by atoms with Crippen LogP contribution in [0.1, 0.15) is 18.4 Å². The van der Waals surface area contributed by atoms with Crippen molar-refractivity contribution in [2.75, 3.05) is 18.0 Å². The fourth-order valence-corrected chi connectivity index (χ4v) is 4.17. The summed E-state index contributed by atoms with van der Waals surface area (Å²) in [6, 6.07) is 5.92. The van der Waals surface area contributed by atoms with Gasteiger partial charge >= 0.3 is 0 Å². The summed E-state index contributed by atoms with van der Waals surface area (Å²) in [5, 5.41) is 9.29. The lowest BCUT2D eigenvalue weighted by atomic mass is 9.90. The summed E-state index contributed by atoms with van der Waals surface area (Å²) >= 11 is 15.6. The van der Waals surface area contributed by atoms with Gasteiger partial charge in [0.2, 0.25) is 0 Å². The molecule has 0 saturated carbocycles. The number of H-pyrrole nitrogens is 1. The molecule has 0 atom stereocenters. The van der Waals surface area contributed by atoms with E-state index in [0.717, 1.165) is 53.8 Å². The van der Waals surface area contributed by atoms with Crippen molar-refractivity contribution in [3.05, 3.63) is 44.7 Å². The van der Waals surface area contributed by atoms with Crippen LogP contribution in [0.3, 0.4) is 0 Å². The Labute approximate surface area is 163 Å². The van der Waals surface area contributed by atoms with Crippen molar-refractivity contribution in [2.45, 2.75) is 19.3 Å². The van der Waals surface area contributed by atoms with Crippen LogP contribution >= 0.6 is 39.1 Å². The van der Waals surface area contributed by atoms with Crippen molar-refractivity contribution in [1.82, 2.24) is 20.2 Å². The highest BCUT2D eigenvalue weighted by Crippen LogP contribution is 2.32. The number of fused-ring (bicyclic) bond motifs is 1. The molecule has 4 rings (SSSR count). The molecule has 0 unspecified atom stereocenters. The van der Waals surface area contributed by atoms with Crippen LogP contribution < -0.4 is 4.90 Å². The van der Waals surface area contributed by atoms with Gasteiger partial charge in [0, 0.05) is 13.1 Å². The van der Waals surface area contributed by atoms with E-state index in [-0.39, 0.29) is 0 Å². The Morgan fingerprint density at radius 2 is 1.96 bits per heavy atom. The molecule has 1 aliphatic heterocycles. The Bertz CT molecular complexity index is 905. The Kier molecular flexibility index (Phi) is 4.84. The van der Waals surface area contributed by atoms with Gasteiger partial charge in [-0.3, -0.25) is 5.10 Å². The van der Waals surface area contributed by atoms with E-state index < -0.39 is 0 Å². The first-order valence-electron chi connectivity index (χ1n) is 8.15. The molecule has 1 N–H and O–H groups in total. The zero-order valence-corrected chi connectivity index (χ0v) is 16.4. The van der Waals surface area contributed by atoms with E-state index in [0.29, 0.717) is 16.0 Å². The number of rotatable bonds is 3. The Balaban J connectivity index is 1.46. The number of aromatic amines is 1. The standard InChI is InChI=1S/C17H16BrCl2N5/c18-15-14-16(24-23-15)21-9-22-17(14)25-5-3-10(4-6-25)7-11-1-2-12(19)13(20)8-11/h1-2,8-10H,3-7H2,(H,21,22,23,24). The number of nitrogens with zero attached hydrogens (tertiary/aromatic N) is 4. The number of hydrogen-bond donors (Lipinski definition) is 1. The molecule has 1 saturated heterocycles. The second-order valence-electron chi connectivity index (χ2n) is 6.32. The molecule has 0 spiro atoms. The van der Waals surface area contributed by atoms with Gasteiger partial charge in [0.05, 0.1) is 15.4 Å². The number of hydrogen-bond acceptors (Lipinski definition) is 4. The van der Waals surface area contributed by atoms with E-state index in [9.17, 15) is 0 Å².